The number of nitrogens with zero attached hydrogens (tertiary/aromatic N) is 4. The maximum atomic E-state index is 5.88. The Labute approximate surface area is 146 Å². The zero-order chi connectivity index (χ0) is 17.2. The number of rotatable bonds is 4. The van der Waals surface area contributed by atoms with Gasteiger partial charge in [0.05, 0.1) is 12.5 Å². The quantitative estimate of drug-likeness (QED) is 0.790. The molecule has 6 heteroatoms. The fourth-order valence-electron chi connectivity index (χ4n) is 3.41. The molecule has 0 unspecified atom stereocenters. The fraction of sp³-hybridized carbons (Fsp3) is 0.316. The second kappa shape index (κ2) is 6.64. The van der Waals surface area contributed by atoms with E-state index in [0.717, 1.165) is 42.9 Å². The molecule has 6 nitrogen and oxygen atoms in total. The molecule has 0 bridgehead atoms. The molecule has 0 amide bonds. The summed E-state index contributed by atoms with van der Waals surface area (Å²) in [6, 6.07) is 12.3. The highest BCUT2D eigenvalue weighted by Gasteiger charge is 2.25. The number of ether oxygens (including phenoxy) is 1. The molecule has 25 heavy (non-hydrogen) atoms. The lowest BCUT2D eigenvalue weighted by atomic mass is 10.0. The molecular weight excluding hydrogens is 314 g/mol. The molecule has 1 atom stereocenters. The van der Waals surface area contributed by atoms with E-state index in [1.54, 1.807) is 7.11 Å². The predicted octanol–water partition coefficient (Wildman–Crippen LogP) is 2.61. The smallest absolute Gasteiger partial charge is 0.164 e. The van der Waals surface area contributed by atoms with Gasteiger partial charge in [0.2, 0.25) is 0 Å². The summed E-state index contributed by atoms with van der Waals surface area (Å²) in [4.78, 5) is 15.4. The molecule has 1 aromatic carbocycles. The highest BCUT2D eigenvalue weighted by atomic mass is 16.5. The summed E-state index contributed by atoms with van der Waals surface area (Å²) in [6.07, 6.45) is 2.58. The molecule has 1 saturated heterocycles. The fourth-order valence-corrected chi connectivity index (χ4v) is 3.41. The van der Waals surface area contributed by atoms with Crippen molar-refractivity contribution in [1.82, 2.24) is 19.9 Å². The van der Waals surface area contributed by atoms with Crippen molar-refractivity contribution in [2.24, 2.45) is 0 Å². The van der Waals surface area contributed by atoms with Gasteiger partial charge in [-0.25, -0.2) is 15.0 Å². The van der Waals surface area contributed by atoms with Crippen molar-refractivity contribution in [3.8, 4) is 5.75 Å². The molecule has 128 valence electrons. The summed E-state index contributed by atoms with van der Waals surface area (Å²) in [5.74, 6) is 1.81. The highest BCUT2D eigenvalue weighted by Crippen LogP contribution is 2.28. The van der Waals surface area contributed by atoms with E-state index in [4.69, 9.17) is 15.5 Å². The Morgan fingerprint density at radius 3 is 2.80 bits per heavy atom. The maximum absolute atomic E-state index is 5.88. The van der Waals surface area contributed by atoms with Crippen molar-refractivity contribution in [3.05, 3.63) is 54.0 Å². The summed E-state index contributed by atoms with van der Waals surface area (Å²) < 4.78 is 5.22. The Bertz CT molecular complexity index is 881. The van der Waals surface area contributed by atoms with E-state index in [1.807, 2.05) is 18.2 Å². The van der Waals surface area contributed by atoms with Crippen LogP contribution in [0.25, 0.3) is 11.0 Å². The van der Waals surface area contributed by atoms with Crippen molar-refractivity contribution in [2.45, 2.75) is 18.9 Å². The molecule has 1 aliphatic rings. The van der Waals surface area contributed by atoms with Gasteiger partial charge in [0.1, 0.15) is 17.9 Å². The number of anilines is 1. The van der Waals surface area contributed by atoms with Crippen molar-refractivity contribution >= 4 is 16.9 Å². The second-order valence-corrected chi connectivity index (χ2v) is 6.43. The zero-order valence-electron chi connectivity index (χ0n) is 14.2. The van der Waals surface area contributed by atoms with Gasteiger partial charge >= 0.3 is 0 Å². The Morgan fingerprint density at radius 2 is 2.00 bits per heavy atom. The summed E-state index contributed by atoms with van der Waals surface area (Å²) in [5, 5.41) is 0.819. The SMILES string of the molecule is COc1ccc(CN2CC[C@@H](c3ccc4c(N)ncnc4n3)C2)cc1. The normalized spacial score (nSPS) is 17.9. The monoisotopic (exact) mass is 335 g/mol. The first kappa shape index (κ1) is 15.8. The molecule has 2 N–H and O–H groups in total. The van der Waals surface area contributed by atoms with Crippen LogP contribution in [-0.2, 0) is 6.54 Å². The third kappa shape index (κ3) is 3.25. The van der Waals surface area contributed by atoms with Gasteiger partial charge in [-0.3, -0.25) is 4.90 Å². The molecule has 0 aliphatic carbocycles. The van der Waals surface area contributed by atoms with Gasteiger partial charge < -0.3 is 10.5 Å². The average Bonchev–Trinajstić information content (AvgIpc) is 3.11. The molecule has 1 aliphatic heterocycles. The van der Waals surface area contributed by atoms with Crippen LogP contribution in [0, 0.1) is 0 Å². The Kier molecular flexibility index (Phi) is 4.19. The molecule has 0 saturated carbocycles. The molecule has 4 rings (SSSR count). The van der Waals surface area contributed by atoms with E-state index in [2.05, 4.69) is 33.1 Å². The van der Waals surface area contributed by atoms with E-state index in [1.165, 1.54) is 11.9 Å². The summed E-state index contributed by atoms with van der Waals surface area (Å²) in [5.41, 5.74) is 8.94. The second-order valence-electron chi connectivity index (χ2n) is 6.43. The van der Waals surface area contributed by atoms with Gasteiger partial charge in [-0.15, -0.1) is 0 Å². The number of nitrogen functional groups attached to an aromatic ring is 1. The van der Waals surface area contributed by atoms with Crippen LogP contribution in [-0.4, -0.2) is 40.1 Å². The number of methoxy groups -OCH3 is 1. The molecule has 0 spiro atoms. The minimum Gasteiger partial charge on any atom is -0.497 e. The van der Waals surface area contributed by atoms with Gasteiger partial charge in [-0.1, -0.05) is 12.1 Å². The van der Waals surface area contributed by atoms with Crippen LogP contribution in [0.5, 0.6) is 5.75 Å². The number of likely N-dealkylation sites (tertiary alicyclic amines) is 1. The average molecular weight is 335 g/mol. The lowest BCUT2D eigenvalue weighted by molar-refractivity contribution is 0.326. The molecular formula is C19H21N5O. The van der Waals surface area contributed by atoms with E-state index >= 15 is 0 Å². The Hall–Kier alpha value is -2.73. The van der Waals surface area contributed by atoms with Gasteiger partial charge in [-0.05, 0) is 42.8 Å². The number of benzene rings is 1. The number of nitrogens with two attached hydrogens (primary N) is 1. The van der Waals surface area contributed by atoms with E-state index < -0.39 is 0 Å². The van der Waals surface area contributed by atoms with Gasteiger partial charge in [-0.2, -0.15) is 0 Å². The first-order valence-electron chi connectivity index (χ1n) is 8.45. The van der Waals surface area contributed by atoms with Crippen LogP contribution in [0.3, 0.4) is 0 Å². The minimum absolute atomic E-state index is 0.429. The van der Waals surface area contributed by atoms with Gasteiger partial charge in [0.25, 0.3) is 0 Å². The minimum atomic E-state index is 0.429. The Morgan fingerprint density at radius 1 is 1.16 bits per heavy atom. The van der Waals surface area contributed by atoms with Crippen LogP contribution in [0.2, 0.25) is 0 Å². The maximum Gasteiger partial charge on any atom is 0.164 e. The topological polar surface area (TPSA) is 77.2 Å². The zero-order valence-corrected chi connectivity index (χ0v) is 14.2. The van der Waals surface area contributed by atoms with Crippen LogP contribution in [0.1, 0.15) is 23.6 Å². The number of pyridine rings is 1. The molecule has 2 aromatic heterocycles. The molecule has 0 radical (unpaired) electrons. The first-order valence-corrected chi connectivity index (χ1v) is 8.45. The van der Waals surface area contributed by atoms with Crippen LogP contribution in [0.15, 0.2) is 42.7 Å². The van der Waals surface area contributed by atoms with Crippen LogP contribution in [0.4, 0.5) is 5.82 Å². The number of hydrogen-bond donors (Lipinski definition) is 1. The first-order chi connectivity index (χ1) is 12.2. The standard InChI is InChI=1S/C19H21N5O/c1-25-15-4-2-13(3-5-15)10-24-9-8-14(11-24)17-7-6-16-18(20)21-12-22-19(16)23-17/h2-7,12,14H,8-11H2,1H3,(H2,20,21,22,23)/t14-/m1/s1. The lowest BCUT2D eigenvalue weighted by Gasteiger charge is -2.16. The van der Waals surface area contributed by atoms with Gasteiger partial charge in [0.15, 0.2) is 5.65 Å². The summed E-state index contributed by atoms with van der Waals surface area (Å²) >= 11 is 0. The largest absolute Gasteiger partial charge is 0.497 e. The molecule has 1 fully saturated rings. The summed E-state index contributed by atoms with van der Waals surface area (Å²) in [6.45, 7) is 3.02. The van der Waals surface area contributed by atoms with Crippen LogP contribution < -0.4 is 10.5 Å². The summed E-state index contributed by atoms with van der Waals surface area (Å²) in [7, 11) is 1.69. The van der Waals surface area contributed by atoms with E-state index in [-0.39, 0.29) is 0 Å². The molecule has 3 aromatic rings. The highest BCUT2D eigenvalue weighted by molar-refractivity contribution is 5.84. The van der Waals surface area contributed by atoms with Crippen LogP contribution >= 0.6 is 0 Å². The van der Waals surface area contributed by atoms with Crippen molar-refractivity contribution in [3.63, 3.8) is 0 Å². The number of hydrogen-bond acceptors (Lipinski definition) is 6. The van der Waals surface area contributed by atoms with Crippen molar-refractivity contribution in [2.75, 3.05) is 25.9 Å². The third-order valence-electron chi connectivity index (χ3n) is 4.81. The predicted molar refractivity (Wildman–Crippen MR) is 97.4 cm³/mol. The number of fused-ring (bicyclic) bond motifs is 1. The van der Waals surface area contributed by atoms with Crippen molar-refractivity contribution < 1.29 is 4.74 Å². The van der Waals surface area contributed by atoms with E-state index in [0.29, 0.717) is 17.4 Å². The molecule has 3 heterocycles. The van der Waals surface area contributed by atoms with Gasteiger partial charge in [0, 0.05) is 24.7 Å². The number of aromatic nitrogens is 3. The third-order valence-corrected chi connectivity index (χ3v) is 4.81. The van der Waals surface area contributed by atoms with Crippen molar-refractivity contribution in [1.29, 1.82) is 0 Å². The lowest BCUT2D eigenvalue weighted by Crippen LogP contribution is -2.19. The van der Waals surface area contributed by atoms with E-state index in [9.17, 15) is 0 Å². The Balaban J connectivity index is 1.46.